The summed E-state index contributed by atoms with van der Waals surface area (Å²) in [5.74, 6) is 0.483. The molecule has 0 aliphatic heterocycles. The van der Waals surface area contributed by atoms with Gasteiger partial charge in [-0.2, -0.15) is 0 Å². The third kappa shape index (κ3) is 4.26. The zero-order valence-electron chi connectivity index (χ0n) is 19.2. The van der Waals surface area contributed by atoms with Crippen molar-refractivity contribution in [3.63, 3.8) is 0 Å². The second kappa shape index (κ2) is 8.70. The maximum atomic E-state index is 12.9. The Morgan fingerprint density at radius 1 is 1.12 bits per heavy atom. The monoisotopic (exact) mass is 454 g/mol. The van der Waals surface area contributed by atoms with Crippen molar-refractivity contribution in [1.29, 1.82) is 0 Å². The van der Waals surface area contributed by atoms with Gasteiger partial charge >= 0.3 is 0 Å². The number of carbonyl (C=O) groups excluding carboxylic acids is 1. The second-order valence-corrected chi connectivity index (χ2v) is 9.00. The van der Waals surface area contributed by atoms with E-state index in [4.69, 9.17) is 0 Å². The number of hydrogen-bond donors (Lipinski definition) is 2. The Morgan fingerprint density at radius 3 is 2.53 bits per heavy atom. The van der Waals surface area contributed by atoms with E-state index in [1.807, 2.05) is 68.4 Å². The molecule has 1 aliphatic carbocycles. The van der Waals surface area contributed by atoms with Crippen LogP contribution in [0.4, 0.5) is 0 Å². The minimum Gasteiger partial charge on any atom is -0.340 e. The zero-order chi connectivity index (χ0) is 23.7. The van der Waals surface area contributed by atoms with Gasteiger partial charge in [-0.3, -0.25) is 19.3 Å². The molecule has 1 fully saturated rings. The van der Waals surface area contributed by atoms with Gasteiger partial charge in [0.05, 0.1) is 17.4 Å². The van der Waals surface area contributed by atoms with Crippen LogP contribution in [0.3, 0.4) is 0 Å². The summed E-state index contributed by atoms with van der Waals surface area (Å²) in [7, 11) is 0. The number of carbonyl (C=O) groups is 1. The fraction of sp³-hybridized carbons (Fsp3) is 0.269. The van der Waals surface area contributed by atoms with Crippen LogP contribution in [0.2, 0.25) is 0 Å². The van der Waals surface area contributed by atoms with Crippen molar-refractivity contribution in [2.75, 3.05) is 0 Å². The number of nitrogens with one attached hydrogen (secondary N) is 2. The van der Waals surface area contributed by atoms with Gasteiger partial charge in [-0.25, -0.2) is 9.97 Å². The maximum Gasteiger partial charge on any atom is 0.291 e. The van der Waals surface area contributed by atoms with Crippen LogP contribution in [0.15, 0.2) is 71.9 Å². The van der Waals surface area contributed by atoms with Gasteiger partial charge in [0.15, 0.2) is 0 Å². The van der Waals surface area contributed by atoms with E-state index >= 15 is 0 Å². The predicted octanol–water partition coefficient (Wildman–Crippen LogP) is 3.62. The minimum absolute atomic E-state index is 0.0352. The Morgan fingerprint density at radius 2 is 1.85 bits per heavy atom. The van der Waals surface area contributed by atoms with Gasteiger partial charge in [-0.15, -0.1) is 5.10 Å². The number of benzene rings is 2. The lowest BCUT2D eigenvalue weighted by molar-refractivity contribution is 0.0920. The Balaban J connectivity index is 1.30. The van der Waals surface area contributed by atoms with Crippen LogP contribution >= 0.6 is 0 Å². The van der Waals surface area contributed by atoms with Crippen molar-refractivity contribution in [3.8, 4) is 11.1 Å². The Hall–Kier alpha value is -4.07. The highest BCUT2D eigenvalue weighted by atomic mass is 16.2. The molecular formula is C26H26N6O2. The molecule has 2 aromatic heterocycles. The van der Waals surface area contributed by atoms with Gasteiger partial charge in [-0.05, 0) is 43.4 Å². The van der Waals surface area contributed by atoms with Crippen LogP contribution in [-0.2, 0) is 12.0 Å². The third-order valence-corrected chi connectivity index (χ3v) is 6.22. The van der Waals surface area contributed by atoms with E-state index in [0.29, 0.717) is 17.8 Å². The Bertz CT molecular complexity index is 1370. The fourth-order valence-electron chi connectivity index (χ4n) is 4.11. The summed E-state index contributed by atoms with van der Waals surface area (Å²) < 4.78 is 1.62. The first-order chi connectivity index (χ1) is 16.4. The molecule has 34 heavy (non-hydrogen) atoms. The van der Waals surface area contributed by atoms with E-state index < -0.39 is 5.54 Å². The van der Waals surface area contributed by atoms with Crippen molar-refractivity contribution >= 4 is 5.91 Å². The molecule has 0 unspecified atom stereocenters. The first kappa shape index (κ1) is 21.8. The summed E-state index contributed by atoms with van der Waals surface area (Å²) in [4.78, 5) is 34.2. The van der Waals surface area contributed by atoms with E-state index in [2.05, 4.69) is 25.5 Å². The third-order valence-electron chi connectivity index (χ3n) is 6.22. The molecule has 0 saturated heterocycles. The van der Waals surface area contributed by atoms with E-state index in [1.165, 1.54) is 0 Å². The van der Waals surface area contributed by atoms with Crippen LogP contribution in [0.1, 0.15) is 60.3 Å². The van der Waals surface area contributed by atoms with Crippen LogP contribution < -0.4 is 10.9 Å². The van der Waals surface area contributed by atoms with Crippen LogP contribution in [0.25, 0.3) is 11.1 Å². The largest absolute Gasteiger partial charge is 0.340 e. The molecule has 172 valence electrons. The molecular weight excluding hydrogens is 428 g/mol. The summed E-state index contributed by atoms with van der Waals surface area (Å²) >= 11 is 0. The van der Waals surface area contributed by atoms with Gasteiger partial charge in [-0.1, -0.05) is 54.6 Å². The average Bonchev–Trinajstić information content (AvgIpc) is 3.47. The lowest BCUT2D eigenvalue weighted by Gasteiger charge is -2.17. The van der Waals surface area contributed by atoms with Crippen molar-refractivity contribution in [2.45, 2.75) is 44.7 Å². The van der Waals surface area contributed by atoms with Gasteiger partial charge in [0.2, 0.25) is 5.82 Å². The van der Waals surface area contributed by atoms with Crippen LogP contribution in [0, 0.1) is 0 Å². The smallest absolute Gasteiger partial charge is 0.291 e. The summed E-state index contributed by atoms with van der Waals surface area (Å²) in [6.45, 7) is 3.91. The van der Waals surface area contributed by atoms with E-state index in [9.17, 15) is 9.59 Å². The number of H-pyrrole nitrogens is 1. The molecule has 0 spiro atoms. The average molecular weight is 455 g/mol. The molecule has 2 heterocycles. The lowest BCUT2D eigenvalue weighted by Crippen LogP contribution is -2.35. The zero-order valence-corrected chi connectivity index (χ0v) is 19.2. The quantitative estimate of drug-likeness (QED) is 0.444. The van der Waals surface area contributed by atoms with Gasteiger partial charge in [0, 0.05) is 18.7 Å². The van der Waals surface area contributed by atoms with E-state index in [0.717, 1.165) is 29.5 Å². The lowest BCUT2D eigenvalue weighted by atomic mass is 10.0. The number of hydrogen-bond acceptors (Lipinski definition) is 5. The Labute approximate surface area is 197 Å². The summed E-state index contributed by atoms with van der Waals surface area (Å²) in [5, 5.41) is 10.1. The van der Waals surface area contributed by atoms with Crippen molar-refractivity contribution in [3.05, 3.63) is 100 Å². The molecule has 2 N–H and O–H groups in total. The highest BCUT2D eigenvalue weighted by molar-refractivity contribution is 5.91. The van der Waals surface area contributed by atoms with Gasteiger partial charge < -0.3 is 5.32 Å². The molecule has 5 rings (SSSR count). The molecule has 2 aromatic carbocycles. The SMILES string of the molecule is CC(C)n1cncc(-c2ccc(C3(NC(=O)c4n[nH]c(Cc5ccccc5)n4)CC3)cc2)c1=O. The first-order valence-electron chi connectivity index (χ1n) is 11.4. The number of rotatable bonds is 7. The van der Waals surface area contributed by atoms with Crippen LogP contribution in [0.5, 0.6) is 0 Å². The van der Waals surface area contributed by atoms with Crippen molar-refractivity contribution < 1.29 is 4.79 Å². The predicted molar refractivity (Wildman–Crippen MR) is 128 cm³/mol. The molecule has 0 atom stereocenters. The topological polar surface area (TPSA) is 106 Å². The number of amides is 1. The Kier molecular flexibility index (Phi) is 5.57. The molecule has 1 saturated carbocycles. The number of aromatic nitrogens is 5. The normalized spacial score (nSPS) is 14.2. The molecule has 0 radical (unpaired) electrons. The van der Waals surface area contributed by atoms with Gasteiger partial charge in [0.25, 0.3) is 11.5 Å². The summed E-state index contributed by atoms with van der Waals surface area (Å²) in [5.41, 5.74) is 2.96. The molecule has 4 aromatic rings. The van der Waals surface area contributed by atoms with Gasteiger partial charge in [0.1, 0.15) is 5.82 Å². The number of aromatic amines is 1. The van der Waals surface area contributed by atoms with Crippen molar-refractivity contribution in [1.82, 2.24) is 30.0 Å². The molecule has 1 amide bonds. The highest BCUT2D eigenvalue weighted by Gasteiger charge is 2.46. The van der Waals surface area contributed by atoms with Crippen LogP contribution in [-0.4, -0.2) is 30.6 Å². The molecule has 8 nitrogen and oxygen atoms in total. The standard InChI is InChI=1S/C26H26N6O2/c1-17(2)32-16-27-15-21(25(32)34)19-8-10-20(11-9-19)26(12-13-26)29-24(33)23-28-22(30-31-23)14-18-6-4-3-5-7-18/h3-11,15-17H,12-14H2,1-2H3,(H,29,33)(H,28,30,31). The maximum absolute atomic E-state index is 12.9. The number of nitrogens with zero attached hydrogens (tertiary/aromatic N) is 4. The minimum atomic E-state index is -0.428. The first-order valence-corrected chi connectivity index (χ1v) is 11.4. The molecule has 1 aliphatic rings. The van der Waals surface area contributed by atoms with E-state index in [1.54, 1.807) is 17.1 Å². The highest BCUT2D eigenvalue weighted by Crippen LogP contribution is 2.45. The summed E-state index contributed by atoms with van der Waals surface area (Å²) in [6, 6.07) is 17.7. The fourth-order valence-corrected chi connectivity index (χ4v) is 4.11. The molecule has 8 heteroatoms. The van der Waals surface area contributed by atoms with Crippen molar-refractivity contribution in [2.24, 2.45) is 0 Å². The summed E-state index contributed by atoms with van der Waals surface area (Å²) in [6.07, 6.45) is 5.43. The molecule has 0 bridgehead atoms. The second-order valence-electron chi connectivity index (χ2n) is 9.00. The van der Waals surface area contributed by atoms with E-state index in [-0.39, 0.29) is 23.3 Å².